The maximum Gasteiger partial charge on any atom is 0.433 e. The van der Waals surface area contributed by atoms with E-state index in [9.17, 15) is 13.2 Å². The molecule has 0 aromatic carbocycles. The Balaban J connectivity index is 3.49. The van der Waals surface area contributed by atoms with E-state index in [1.165, 1.54) is 0 Å². The summed E-state index contributed by atoms with van der Waals surface area (Å²) in [4.78, 5) is 2.89. The Bertz CT molecular complexity index is 380. The molecule has 0 aliphatic rings. The molecule has 1 aromatic heterocycles. The van der Waals surface area contributed by atoms with Crippen LogP contribution in [-0.4, -0.2) is 4.98 Å². The number of hydrogen-bond donors (Lipinski definition) is 0. The maximum atomic E-state index is 12.2. The number of hydrogen-bond acceptors (Lipinski definition) is 1. The van der Waals surface area contributed by atoms with Crippen LogP contribution in [0.2, 0.25) is 0 Å². The van der Waals surface area contributed by atoms with Crippen molar-refractivity contribution in [3.63, 3.8) is 0 Å². The Kier molecular flexibility index (Phi) is 1.31. The molecule has 0 saturated carbocycles. The van der Waals surface area contributed by atoms with Crippen molar-refractivity contribution in [2.75, 3.05) is 0 Å². The molecule has 0 spiro atoms. The summed E-state index contributed by atoms with van der Waals surface area (Å²) in [6.45, 7) is 0. The largest absolute Gasteiger partial charge is 0.433 e. The molecule has 0 radical (unpaired) electrons. The van der Waals surface area contributed by atoms with E-state index < -0.39 is 30.1 Å². The Hall–Kier alpha value is -0.580. The molecule has 0 bridgehead atoms. The lowest BCUT2D eigenvalue weighted by atomic mass is 10.3. The van der Waals surface area contributed by atoms with Gasteiger partial charge in [-0.25, -0.2) is 0 Å². The van der Waals surface area contributed by atoms with Crippen molar-refractivity contribution in [2.45, 2.75) is 6.18 Å². The average Bonchev–Trinajstić information content (AvgIpc) is 2.06. The van der Waals surface area contributed by atoms with Gasteiger partial charge < -0.3 is 0 Å². The van der Waals surface area contributed by atoms with E-state index in [-0.39, 0.29) is 4.47 Å². The number of halogens is 4. The molecule has 0 amide bonds. The summed E-state index contributed by atoms with van der Waals surface area (Å²) >= 11 is 2.71. The zero-order valence-electron chi connectivity index (χ0n) is 7.96. The van der Waals surface area contributed by atoms with E-state index in [1.54, 1.807) is 0 Å². The lowest BCUT2D eigenvalue weighted by Crippen LogP contribution is -2.06. The summed E-state index contributed by atoms with van der Waals surface area (Å²) < 4.78 is 57.4. The fraction of sp³-hybridized carbons (Fsp3) is 0.167. The van der Waals surface area contributed by atoms with Crippen molar-refractivity contribution in [3.05, 3.63) is 28.4 Å². The van der Waals surface area contributed by atoms with Crippen LogP contribution >= 0.6 is 15.9 Å². The second-order valence-electron chi connectivity index (χ2n) is 1.63. The third kappa shape index (κ3) is 2.18. The summed E-state index contributed by atoms with van der Waals surface area (Å²) in [6, 6.07) is -1.71. The molecular formula is C6H3BrF3N. The summed E-state index contributed by atoms with van der Waals surface area (Å²) in [5.41, 5.74) is -1.50. The van der Waals surface area contributed by atoms with Gasteiger partial charge in [0.25, 0.3) is 0 Å². The van der Waals surface area contributed by atoms with Gasteiger partial charge >= 0.3 is 6.18 Å². The number of pyridine rings is 1. The predicted octanol–water partition coefficient (Wildman–Crippen LogP) is 2.86. The first-order valence-electron chi connectivity index (χ1n) is 3.95. The molecule has 1 nitrogen and oxygen atoms in total. The highest BCUT2D eigenvalue weighted by Crippen LogP contribution is 2.27. The molecule has 11 heavy (non-hydrogen) atoms. The van der Waals surface area contributed by atoms with Crippen LogP contribution < -0.4 is 0 Å². The van der Waals surface area contributed by atoms with E-state index in [2.05, 4.69) is 20.9 Å². The van der Waals surface area contributed by atoms with Crippen molar-refractivity contribution >= 4 is 15.9 Å². The SMILES string of the molecule is [2H]c1nc(C(F)(F)F)c([2H])c([2H])c1Br. The minimum atomic E-state index is -4.80. The smallest absolute Gasteiger partial charge is 0.251 e. The molecule has 0 N–H and O–H groups in total. The van der Waals surface area contributed by atoms with E-state index in [1.807, 2.05) is 0 Å². The predicted molar refractivity (Wildman–Crippen MR) is 36.9 cm³/mol. The highest BCUT2D eigenvalue weighted by Gasteiger charge is 2.31. The summed E-state index contributed by atoms with van der Waals surface area (Å²) in [5, 5.41) is 0. The minimum Gasteiger partial charge on any atom is -0.251 e. The Labute approximate surface area is 73.6 Å². The molecule has 1 rings (SSSR count). The van der Waals surface area contributed by atoms with Gasteiger partial charge in [0.2, 0.25) is 0 Å². The topological polar surface area (TPSA) is 12.9 Å². The van der Waals surface area contributed by atoms with Crippen LogP contribution in [0.15, 0.2) is 22.7 Å². The molecule has 5 heteroatoms. The van der Waals surface area contributed by atoms with Crippen molar-refractivity contribution in [1.29, 1.82) is 0 Å². The molecule has 0 atom stereocenters. The van der Waals surface area contributed by atoms with Gasteiger partial charge in [-0.3, -0.25) is 4.98 Å². The van der Waals surface area contributed by atoms with Crippen molar-refractivity contribution in [3.8, 4) is 0 Å². The number of nitrogens with zero attached hydrogens (tertiary/aromatic N) is 1. The van der Waals surface area contributed by atoms with Crippen LogP contribution in [0.3, 0.4) is 0 Å². The van der Waals surface area contributed by atoms with Crippen LogP contribution in [0.25, 0.3) is 0 Å². The van der Waals surface area contributed by atoms with Crippen LogP contribution in [0, 0.1) is 0 Å². The summed E-state index contributed by atoms with van der Waals surface area (Å²) in [5.74, 6) is 0. The van der Waals surface area contributed by atoms with Gasteiger partial charge in [0.05, 0.1) is 4.11 Å². The fourth-order valence-electron chi connectivity index (χ4n) is 0.409. The van der Waals surface area contributed by atoms with Crippen LogP contribution in [-0.2, 0) is 6.18 Å². The molecule has 1 heterocycles. The summed E-state index contributed by atoms with van der Waals surface area (Å²) in [7, 11) is 0. The molecule has 0 aliphatic carbocycles. The maximum absolute atomic E-state index is 12.2. The van der Waals surface area contributed by atoms with Gasteiger partial charge in [-0.2, -0.15) is 13.2 Å². The second kappa shape index (κ2) is 2.81. The quantitative estimate of drug-likeness (QED) is 0.666. The molecule has 0 fully saturated rings. The Morgan fingerprint density at radius 1 is 1.45 bits per heavy atom. The van der Waals surface area contributed by atoms with E-state index >= 15 is 0 Å². The molecule has 1 aromatic rings. The van der Waals surface area contributed by atoms with Gasteiger partial charge in [-0.05, 0) is 28.0 Å². The van der Waals surface area contributed by atoms with E-state index in [0.717, 1.165) is 0 Å². The lowest BCUT2D eigenvalue weighted by molar-refractivity contribution is -0.141. The molecule has 0 aliphatic heterocycles. The van der Waals surface area contributed by atoms with Crippen molar-refractivity contribution in [2.24, 2.45) is 0 Å². The van der Waals surface area contributed by atoms with Gasteiger partial charge in [-0.1, -0.05) is 0 Å². The number of aromatic nitrogens is 1. The van der Waals surface area contributed by atoms with Gasteiger partial charge in [0.1, 0.15) is 5.69 Å². The van der Waals surface area contributed by atoms with Crippen LogP contribution in [0.4, 0.5) is 13.2 Å². The number of rotatable bonds is 0. The zero-order chi connectivity index (χ0) is 11.1. The van der Waals surface area contributed by atoms with Gasteiger partial charge in [-0.15, -0.1) is 0 Å². The molecular weight excluding hydrogens is 223 g/mol. The molecule has 0 saturated heterocycles. The monoisotopic (exact) mass is 228 g/mol. The van der Waals surface area contributed by atoms with Gasteiger partial charge in [0, 0.05) is 10.6 Å². The Morgan fingerprint density at radius 3 is 2.64 bits per heavy atom. The van der Waals surface area contributed by atoms with Crippen molar-refractivity contribution in [1.82, 2.24) is 4.98 Å². The highest BCUT2D eigenvalue weighted by molar-refractivity contribution is 9.10. The third-order valence-electron chi connectivity index (χ3n) is 0.825. The molecule has 60 valence electrons. The first-order chi connectivity index (χ1) is 6.25. The highest BCUT2D eigenvalue weighted by atomic mass is 79.9. The first-order valence-corrected chi connectivity index (χ1v) is 3.25. The van der Waals surface area contributed by atoms with E-state index in [0.29, 0.717) is 0 Å². The van der Waals surface area contributed by atoms with Gasteiger partial charge in [0.15, 0.2) is 0 Å². The van der Waals surface area contributed by atoms with Crippen LogP contribution in [0.1, 0.15) is 9.81 Å². The fourth-order valence-corrected chi connectivity index (χ4v) is 0.597. The van der Waals surface area contributed by atoms with Crippen LogP contribution in [0.5, 0.6) is 0 Å². The zero-order valence-corrected chi connectivity index (χ0v) is 6.55. The Morgan fingerprint density at radius 2 is 2.09 bits per heavy atom. The minimum absolute atomic E-state index is 0.212. The number of alkyl halides is 3. The standard InChI is InChI=1S/C6H3BrF3N/c7-4-1-2-5(11-3-4)6(8,9)10/h1-3H/i1D,2D,3D. The third-order valence-corrected chi connectivity index (χ3v) is 1.20. The summed E-state index contributed by atoms with van der Waals surface area (Å²) in [6.07, 6.45) is -5.50. The second-order valence-corrected chi connectivity index (χ2v) is 2.43. The molecule has 0 unspecified atom stereocenters. The van der Waals surface area contributed by atoms with E-state index in [4.69, 9.17) is 4.11 Å². The lowest BCUT2D eigenvalue weighted by Gasteiger charge is -2.03. The first kappa shape index (κ1) is 5.13. The normalized spacial score (nSPS) is 15.5. The van der Waals surface area contributed by atoms with Crippen molar-refractivity contribution < 1.29 is 17.3 Å². The average molecular weight is 229 g/mol.